The zero-order valence-corrected chi connectivity index (χ0v) is 93.6. The molecule has 7 nitrogen and oxygen atoms in total. The first-order chi connectivity index (χ1) is 65.5. The van der Waals surface area contributed by atoms with Crippen LogP contribution < -0.4 is 90.2 Å². The second-order valence-electron chi connectivity index (χ2n) is 30.3. The number of hydrogen-bond acceptors (Lipinski definition) is 7. The lowest BCUT2D eigenvalue weighted by atomic mass is 10.3. The summed E-state index contributed by atoms with van der Waals surface area (Å²) in [5, 5.41) is 25.5. The summed E-state index contributed by atoms with van der Waals surface area (Å²) >= 11 is 0. The van der Waals surface area contributed by atoms with Gasteiger partial charge in [0, 0.05) is 125 Å². The van der Waals surface area contributed by atoms with Gasteiger partial charge >= 0.3 is 0 Å². The SMILES string of the molecule is CCC[SiH3].CCNCCC[SiH3].COC.COC.COC.COC.COCCC[SiH3].COC[SiH3].c1ccc([P+](c2ccccc2)(c2ccccc2)c2ccccc2)cc1.c1ccc([P+](c2ccccc2)(c2ccccc2)c2ccccc2)cc1.c1ccc([P+](c2ccccc2)(c2ccccc2)c2ccccc2)cc1.c1ccc([P+](c2ccccc2)(c2ccccc2)c2ccccc2)cc1. The van der Waals surface area contributed by atoms with Crippen molar-refractivity contribution in [2.24, 2.45) is 0 Å². The molecule has 16 aromatic rings. The third-order valence-electron chi connectivity index (χ3n) is 20.7. The zero-order chi connectivity index (χ0) is 95.8. The monoisotopic (exact) mass is 1910 g/mol. The quantitative estimate of drug-likeness (QED) is 0.0347. The predicted octanol–water partition coefficient (Wildman–Crippen LogP) is 17.0. The van der Waals surface area contributed by atoms with Gasteiger partial charge in [-0.2, -0.15) is 0 Å². The highest BCUT2D eigenvalue weighted by Gasteiger charge is 2.51. The van der Waals surface area contributed by atoms with Crippen LogP contribution in [0.15, 0.2) is 485 Å². The molecule has 0 aromatic heterocycles. The van der Waals surface area contributed by atoms with Crippen molar-refractivity contribution >= 4 is 155 Å². The molecule has 133 heavy (non-hydrogen) atoms. The Labute approximate surface area is 816 Å². The van der Waals surface area contributed by atoms with E-state index in [0.29, 0.717) is 0 Å². The summed E-state index contributed by atoms with van der Waals surface area (Å²) < 4.78 is 26.4. The molecule has 0 saturated heterocycles. The van der Waals surface area contributed by atoms with Gasteiger partial charge in [0.25, 0.3) is 0 Å². The molecule has 0 amide bonds. The first kappa shape index (κ1) is 113. The van der Waals surface area contributed by atoms with Crippen LogP contribution in [0.1, 0.15) is 33.1 Å². The van der Waals surface area contributed by atoms with Gasteiger partial charge in [0.05, 0.1) is 0 Å². The molecule has 0 saturated carbocycles. The molecule has 0 radical (unpaired) electrons. The second kappa shape index (κ2) is 70.5. The molecule has 0 spiro atoms. The van der Waals surface area contributed by atoms with Crippen LogP contribution in [0.25, 0.3) is 0 Å². The van der Waals surface area contributed by atoms with E-state index in [-0.39, 0.29) is 0 Å². The molecule has 1 N–H and O–H groups in total. The predicted molar refractivity (Wildman–Crippen MR) is 613 cm³/mol. The van der Waals surface area contributed by atoms with Gasteiger partial charge in [-0.3, -0.25) is 0 Å². The molecule has 0 fully saturated rings. The fraction of sp³-hybridized carbons (Fsp3) is 0.186. The molecule has 0 unspecified atom stereocenters. The van der Waals surface area contributed by atoms with Crippen LogP contribution in [-0.2, 0) is 28.4 Å². The van der Waals surface area contributed by atoms with Crippen molar-refractivity contribution in [2.75, 3.05) is 97.0 Å². The zero-order valence-electron chi connectivity index (χ0n) is 82.0. The van der Waals surface area contributed by atoms with E-state index in [1.54, 1.807) is 71.1 Å². The van der Waals surface area contributed by atoms with Crippen LogP contribution in [0.5, 0.6) is 0 Å². The van der Waals surface area contributed by atoms with Crippen LogP contribution >= 0.6 is 29.0 Å². The summed E-state index contributed by atoms with van der Waals surface area (Å²) in [6.07, 6.45) is 4.97. The highest BCUT2D eigenvalue weighted by Crippen LogP contribution is 2.57. The Kier molecular flexibility index (Phi) is 60.1. The number of methoxy groups -OCH3 is 6. The highest BCUT2D eigenvalue weighted by molar-refractivity contribution is 8.03. The Morgan fingerprint density at radius 2 is 0.301 bits per heavy atom. The van der Waals surface area contributed by atoms with Gasteiger partial charge in [0.15, 0.2) is 0 Å². The molecule has 694 valence electrons. The standard InChI is InChI=1S/4C24H20P.C5H15NSi.C4H12OSi.C3H10Si.C2H8OSi.4C2H6O/c4*1-5-13-21(14-6-1)25(22-15-7-2-8-16-22,23-17-9-3-10-18-23)24-19-11-4-12-20-24;1-2-6-4-3-5-7;1-5-3-2-4-6;1-2-3-4;1-3-2-4;4*1-3-2/h4*1-20H;6H,2-5H2,1,7H3;2-4H2,1,6H3;2-3H2,1,4H3;2H2,1,4H3;4*1-2H3/q4*+1;;;;;;;;. The van der Waals surface area contributed by atoms with E-state index in [2.05, 4.69) is 528 Å². The van der Waals surface area contributed by atoms with E-state index in [4.69, 9.17) is 4.74 Å². The van der Waals surface area contributed by atoms with E-state index < -0.39 is 29.0 Å². The minimum Gasteiger partial charge on any atom is -0.389 e. The van der Waals surface area contributed by atoms with Gasteiger partial charge in [-0.1, -0.05) is 330 Å². The maximum absolute atomic E-state index is 4.80. The minimum absolute atomic E-state index is 0.948. The number of hydrogen-bond donors (Lipinski definition) is 1. The van der Waals surface area contributed by atoms with Crippen molar-refractivity contribution in [3.8, 4) is 0 Å². The third kappa shape index (κ3) is 35.2. The van der Waals surface area contributed by atoms with Crippen molar-refractivity contribution in [3.05, 3.63) is 485 Å². The van der Waals surface area contributed by atoms with E-state index >= 15 is 0 Å². The molecule has 0 bridgehead atoms. The molecule has 0 aliphatic heterocycles. The molecule has 0 aliphatic carbocycles. The number of benzene rings is 16. The van der Waals surface area contributed by atoms with Gasteiger partial charge < -0.3 is 33.7 Å². The van der Waals surface area contributed by atoms with Crippen molar-refractivity contribution in [1.82, 2.24) is 5.32 Å². The molecular formula is C118H149NO6P4Si4+4. The molecule has 16 rings (SSSR count). The molecule has 0 aliphatic rings. The Balaban J connectivity index is 0.000000281. The fourth-order valence-corrected chi connectivity index (χ4v) is 32.5. The van der Waals surface area contributed by atoms with Crippen LogP contribution in [0, 0.1) is 0 Å². The minimum atomic E-state index is -1.91. The van der Waals surface area contributed by atoms with Gasteiger partial charge in [0.2, 0.25) is 0 Å². The van der Waals surface area contributed by atoms with Crippen molar-refractivity contribution < 1.29 is 28.4 Å². The van der Waals surface area contributed by atoms with Crippen molar-refractivity contribution in [1.29, 1.82) is 0 Å². The van der Waals surface area contributed by atoms with Crippen LogP contribution in [0.4, 0.5) is 0 Å². The molecule has 0 atom stereocenters. The smallest absolute Gasteiger partial charge is 0.144 e. The van der Waals surface area contributed by atoms with Crippen LogP contribution in [-0.4, -0.2) is 138 Å². The van der Waals surface area contributed by atoms with E-state index in [1.165, 1.54) is 170 Å². The lowest BCUT2D eigenvalue weighted by Crippen LogP contribution is -2.38. The maximum atomic E-state index is 4.80. The van der Waals surface area contributed by atoms with Gasteiger partial charge in [-0.15, -0.1) is 0 Å². The summed E-state index contributed by atoms with van der Waals surface area (Å²) in [5.74, 6) is 0. The fourth-order valence-electron chi connectivity index (χ4n) is 14.8. The topological polar surface area (TPSA) is 67.4 Å². The molecule has 0 heterocycles. The largest absolute Gasteiger partial charge is 0.389 e. The van der Waals surface area contributed by atoms with Crippen molar-refractivity contribution in [2.45, 2.75) is 51.2 Å². The third-order valence-corrected chi connectivity index (χ3v) is 40.9. The summed E-state index contributed by atoms with van der Waals surface area (Å²) in [6, 6.07) is 180. The number of ether oxygens (including phenoxy) is 6. The average molecular weight is 1910 g/mol. The Bertz CT molecular complexity index is 4040. The number of rotatable bonds is 25. The van der Waals surface area contributed by atoms with Crippen LogP contribution in [0.2, 0.25) is 18.1 Å². The molecule has 16 aromatic carbocycles. The molecule has 15 heteroatoms. The Morgan fingerprint density at radius 3 is 0.368 bits per heavy atom. The highest BCUT2D eigenvalue weighted by atomic mass is 31.2. The lowest BCUT2D eigenvalue weighted by molar-refractivity contribution is 0.199. The molecular weight excluding hydrogens is 1760 g/mol. The van der Waals surface area contributed by atoms with E-state index in [0.717, 1.165) is 19.4 Å². The lowest BCUT2D eigenvalue weighted by Gasteiger charge is -2.27. The summed E-state index contributed by atoms with van der Waals surface area (Å²) in [5.41, 5.74) is 0. The Morgan fingerprint density at radius 1 is 0.188 bits per heavy atom. The maximum Gasteiger partial charge on any atom is 0.144 e. The second-order valence-corrected chi connectivity index (χ2v) is 47.5. The van der Waals surface area contributed by atoms with E-state index in [1.807, 2.05) is 0 Å². The van der Waals surface area contributed by atoms with Gasteiger partial charge in [-0.25, -0.2) is 0 Å². The first-order valence-corrected chi connectivity index (χ1v) is 59.1. The van der Waals surface area contributed by atoms with Gasteiger partial charge in [0.1, 0.15) is 114 Å². The number of nitrogens with one attached hydrogen (secondary N) is 1. The Hall–Kier alpha value is -10.2. The summed E-state index contributed by atoms with van der Waals surface area (Å²) in [4.78, 5) is 0. The van der Waals surface area contributed by atoms with E-state index in [9.17, 15) is 0 Å². The van der Waals surface area contributed by atoms with Crippen LogP contribution in [0.3, 0.4) is 0 Å². The first-order valence-electron chi connectivity index (χ1n) is 46.3. The van der Waals surface area contributed by atoms with Gasteiger partial charge in [-0.05, 0) is 220 Å². The summed E-state index contributed by atoms with van der Waals surface area (Å²) in [7, 11) is 14.1. The normalized spacial score (nSPS) is 10.4. The summed E-state index contributed by atoms with van der Waals surface area (Å²) in [6.45, 7) is 7.66. The average Bonchev–Trinajstić information content (AvgIpc) is 0.756. The van der Waals surface area contributed by atoms with Crippen molar-refractivity contribution in [3.63, 3.8) is 0 Å².